The van der Waals surface area contributed by atoms with Crippen LogP contribution >= 0.6 is 0 Å². The van der Waals surface area contributed by atoms with Crippen molar-refractivity contribution in [1.29, 1.82) is 0 Å². The maximum absolute atomic E-state index is 13.3. The Hall–Kier alpha value is -4.26. The average Bonchev–Trinajstić information content (AvgIpc) is 2.78. The van der Waals surface area contributed by atoms with E-state index in [-0.39, 0.29) is 23.1 Å². The Labute approximate surface area is 176 Å². The van der Waals surface area contributed by atoms with Crippen molar-refractivity contribution in [3.05, 3.63) is 112 Å². The molecule has 4 aromatic rings. The molecule has 31 heavy (non-hydrogen) atoms. The molecule has 3 N–H and O–H groups in total. The summed E-state index contributed by atoms with van der Waals surface area (Å²) >= 11 is 0. The summed E-state index contributed by atoms with van der Waals surface area (Å²) < 4.78 is 13.3. The van der Waals surface area contributed by atoms with Crippen molar-refractivity contribution in [1.82, 2.24) is 10.3 Å². The van der Waals surface area contributed by atoms with E-state index >= 15 is 0 Å². The van der Waals surface area contributed by atoms with E-state index in [1.165, 1.54) is 24.4 Å². The first-order chi connectivity index (χ1) is 15.0. The van der Waals surface area contributed by atoms with Crippen LogP contribution in [0, 0.1) is 5.82 Å². The first-order valence-corrected chi connectivity index (χ1v) is 9.56. The highest BCUT2D eigenvalue weighted by Crippen LogP contribution is 2.13. The third kappa shape index (κ3) is 4.51. The van der Waals surface area contributed by atoms with Crippen molar-refractivity contribution in [3.8, 4) is 0 Å². The third-order valence-corrected chi connectivity index (χ3v) is 4.76. The summed E-state index contributed by atoms with van der Waals surface area (Å²) in [7, 11) is 0. The molecule has 6 nitrogen and oxygen atoms in total. The number of H-pyrrole nitrogens is 1. The molecule has 0 atom stereocenters. The molecule has 1 heterocycles. The van der Waals surface area contributed by atoms with E-state index in [0.29, 0.717) is 16.6 Å². The van der Waals surface area contributed by atoms with E-state index in [9.17, 15) is 18.8 Å². The molecule has 0 aliphatic carbocycles. The topological polar surface area (TPSA) is 91.1 Å². The van der Waals surface area contributed by atoms with Crippen molar-refractivity contribution >= 4 is 28.4 Å². The van der Waals surface area contributed by atoms with Crippen LogP contribution in [-0.4, -0.2) is 16.8 Å². The fraction of sp³-hybridized carbons (Fsp3) is 0.0417. The number of rotatable bonds is 5. The molecule has 0 fully saturated rings. The number of para-hydroxylation sites is 1. The second-order valence-corrected chi connectivity index (χ2v) is 6.92. The Morgan fingerprint density at radius 1 is 0.903 bits per heavy atom. The molecule has 1 aromatic heterocycles. The molecule has 2 amide bonds. The highest BCUT2D eigenvalue weighted by molar-refractivity contribution is 6.04. The van der Waals surface area contributed by atoms with Gasteiger partial charge in [0, 0.05) is 34.9 Å². The summed E-state index contributed by atoms with van der Waals surface area (Å²) in [6.07, 6.45) is 1.40. The molecule has 0 saturated carbocycles. The molecular weight excluding hydrogens is 397 g/mol. The number of aromatic nitrogens is 1. The fourth-order valence-electron chi connectivity index (χ4n) is 3.21. The van der Waals surface area contributed by atoms with Gasteiger partial charge in [0.1, 0.15) is 11.4 Å². The van der Waals surface area contributed by atoms with Crippen molar-refractivity contribution in [2.24, 2.45) is 0 Å². The van der Waals surface area contributed by atoms with E-state index in [0.717, 1.165) is 11.6 Å². The quantitative estimate of drug-likeness (QED) is 0.462. The van der Waals surface area contributed by atoms with Crippen LogP contribution in [0.1, 0.15) is 26.3 Å². The number of amides is 2. The van der Waals surface area contributed by atoms with Gasteiger partial charge in [0.2, 0.25) is 5.43 Å². The molecule has 0 radical (unpaired) electrons. The van der Waals surface area contributed by atoms with Crippen LogP contribution in [-0.2, 0) is 6.54 Å². The van der Waals surface area contributed by atoms with E-state index < -0.39 is 17.6 Å². The number of carbonyl (C=O) groups excluding carboxylic acids is 2. The Bertz CT molecular complexity index is 1350. The summed E-state index contributed by atoms with van der Waals surface area (Å²) in [5.41, 5.74) is 1.77. The Morgan fingerprint density at radius 3 is 2.55 bits per heavy atom. The Morgan fingerprint density at radius 2 is 1.71 bits per heavy atom. The summed E-state index contributed by atoms with van der Waals surface area (Å²) in [6, 6.07) is 19.3. The predicted molar refractivity (Wildman–Crippen MR) is 117 cm³/mol. The lowest BCUT2D eigenvalue weighted by molar-refractivity contribution is 0.0948. The second kappa shape index (κ2) is 8.62. The van der Waals surface area contributed by atoms with Crippen molar-refractivity contribution < 1.29 is 14.0 Å². The van der Waals surface area contributed by atoms with Crippen LogP contribution in [0.5, 0.6) is 0 Å². The van der Waals surface area contributed by atoms with Gasteiger partial charge >= 0.3 is 0 Å². The van der Waals surface area contributed by atoms with Gasteiger partial charge in [-0.2, -0.15) is 0 Å². The Kier molecular flexibility index (Phi) is 5.57. The van der Waals surface area contributed by atoms with Gasteiger partial charge in [-0.3, -0.25) is 14.4 Å². The van der Waals surface area contributed by atoms with E-state index in [2.05, 4.69) is 15.6 Å². The minimum atomic E-state index is -0.499. The summed E-state index contributed by atoms with van der Waals surface area (Å²) in [5, 5.41) is 5.86. The minimum absolute atomic E-state index is 0.0225. The lowest BCUT2D eigenvalue weighted by Gasteiger charge is -2.09. The van der Waals surface area contributed by atoms with Gasteiger partial charge in [-0.25, -0.2) is 4.39 Å². The molecule has 0 bridgehead atoms. The average molecular weight is 415 g/mol. The van der Waals surface area contributed by atoms with Crippen LogP contribution in [0.25, 0.3) is 10.9 Å². The van der Waals surface area contributed by atoms with Gasteiger partial charge in [-0.1, -0.05) is 30.3 Å². The maximum Gasteiger partial charge on any atom is 0.257 e. The molecule has 0 spiro atoms. The van der Waals surface area contributed by atoms with E-state index in [1.807, 2.05) is 0 Å². The van der Waals surface area contributed by atoms with Gasteiger partial charge in [-0.15, -0.1) is 0 Å². The molecule has 3 aromatic carbocycles. The molecule has 0 aliphatic heterocycles. The first kappa shape index (κ1) is 20.0. The van der Waals surface area contributed by atoms with Crippen molar-refractivity contribution in [2.75, 3.05) is 5.32 Å². The summed E-state index contributed by atoms with van der Waals surface area (Å²) in [4.78, 5) is 40.3. The Balaban J connectivity index is 1.45. The van der Waals surface area contributed by atoms with Crippen LogP contribution in [0.3, 0.4) is 0 Å². The summed E-state index contributed by atoms with van der Waals surface area (Å²) in [5.74, 6) is -1.43. The van der Waals surface area contributed by atoms with Crippen molar-refractivity contribution in [3.63, 3.8) is 0 Å². The van der Waals surface area contributed by atoms with Gasteiger partial charge in [-0.05, 0) is 48.0 Å². The molecule has 4 rings (SSSR count). The fourth-order valence-corrected chi connectivity index (χ4v) is 3.21. The normalized spacial score (nSPS) is 10.6. The van der Waals surface area contributed by atoms with Crippen LogP contribution < -0.4 is 16.1 Å². The second-order valence-electron chi connectivity index (χ2n) is 6.92. The molecule has 7 heteroatoms. The largest absolute Gasteiger partial charge is 0.360 e. The molecule has 0 saturated heterocycles. The number of anilines is 1. The summed E-state index contributed by atoms with van der Waals surface area (Å²) in [6.45, 7) is 0.161. The van der Waals surface area contributed by atoms with Gasteiger partial charge in [0.25, 0.3) is 11.8 Å². The highest BCUT2D eigenvalue weighted by Gasteiger charge is 2.13. The number of halogens is 1. The zero-order valence-electron chi connectivity index (χ0n) is 16.3. The number of nitrogens with one attached hydrogen (secondary N) is 3. The van der Waals surface area contributed by atoms with Crippen LogP contribution in [0.15, 0.2) is 83.8 Å². The monoisotopic (exact) mass is 415 g/mol. The number of aromatic amines is 1. The number of pyridine rings is 1. The van der Waals surface area contributed by atoms with Gasteiger partial charge in [0.05, 0.1) is 0 Å². The number of hydrogen-bond donors (Lipinski definition) is 3. The van der Waals surface area contributed by atoms with E-state index in [1.54, 1.807) is 48.5 Å². The minimum Gasteiger partial charge on any atom is -0.360 e. The lowest BCUT2D eigenvalue weighted by Crippen LogP contribution is -2.28. The standard InChI is InChI=1S/C24H18FN3O3/c25-17-7-4-6-16(12-17)23(30)28-18-8-3-5-15(11-18)13-27-24(31)20-14-26-21-10-2-1-9-19(21)22(20)29/h1-12,14H,13H2,(H,26,29)(H,27,31)(H,28,30). The maximum atomic E-state index is 13.3. The lowest BCUT2D eigenvalue weighted by atomic mass is 10.1. The van der Waals surface area contributed by atoms with Gasteiger partial charge in [0.15, 0.2) is 0 Å². The molecule has 154 valence electrons. The molecule has 0 aliphatic rings. The number of fused-ring (bicyclic) bond motifs is 1. The first-order valence-electron chi connectivity index (χ1n) is 9.56. The van der Waals surface area contributed by atoms with Crippen LogP contribution in [0.4, 0.5) is 10.1 Å². The number of carbonyl (C=O) groups is 2. The number of benzene rings is 3. The number of hydrogen-bond acceptors (Lipinski definition) is 3. The smallest absolute Gasteiger partial charge is 0.257 e. The molecule has 0 unspecified atom stereocenters. The molecular formula is C24H18FN3O3. The van der Waals surface area contributed by atoms with Crippen molar-refractivity contribution in [2.45, 2.75) is 6.54 Å². The van der Waals surface area contributed by atoms with Crippen LogP contribution in [0.2, 0.25) is 0 Å². The highest BCUT2D eigenvalue weighted by atomic mass is 19.1. The predicted octanol–water partition coefficient (Wildman–Crippen LogP) is 3.85. The zero-order chi connectivity index (χ0) is 21.8. The van der Waals surface area contributed by atoms with E-state index in [4.69, 9.17) is 0 Å². The third-order valence-electron chi connectivity index (χ3n) is 4.76. The SMILES string of the molecule is O=C(Nc1cccc(CNC(=O)c2c[nH]c3ccccc3c2=O)c1)c1cccc(F)c1. The zero-order valence-corrected chi connectivity index (χ0v) is 16.3. The van der Waals surface area contributed by atoms with Gasteiger partial charge < -0.3 is 15.6 Å².